The second-order valence-corrected chi connectivity index (χ2v) is 8.59. The Morgan fingerprint density at radius 3 is 2.56 bits per heavy atom. The maximum atomic E-state index is 13.6. The number of anilines is 3. The molecule has 1 aliphatic heterocycles. The predicted molar refractivity (Wildman–Crippen MR) is 135 cm³/mol. The lowest BCUT2D eigenvalue weighted by molar-refractivity contribution is -0.114. The number of aromatic amines is 1. The molecule has 0 aliphatic carbocycles. The molecule has 1 amide bonds. The summed E-state index contributed by atoms with van der Waals surface area (Å²) in [7, 11) is 0. The number of hydrogen-bond donors (Lipinski definition) is 5. The van der Waals surface area contributed by atoms with E-state index in [1.165, 1.54) is 6.92 Å². The number of aliphatic hydroxyl groups excluding tert-OH is 1. The molecule has 2 heterocycles. The number of carbonyl (C=O) groups excluding carboxylic acids is 2. The van der Waals surface area contributed by atoms with Gasteiger partial charge in [-0.2, -0.15) is 0 Å². The molecule has 5 rings (SSSR count). The van der Waals surface area contributed by atoms with Crippen molar-refractivity contribution in [1.82, 2.24) is 4.98 Å². The Kier molecular flexibility index (Phi) is 5.77. The van der Waals surface area contributed by atoms with Crippen LogP contribution >= 0.6 is 0 Å². The van der Waals surface area contributed by atoms with Gasteiger partial charge in [0.2, 0.25) is 5.91 Å². The minimum Gasteiger partial charge on any atom is -0.394 e. The summed E-state index contributed by atoms with van der Waals surface area (Å²) in [5.41, 5.74) is 5.55. The van der Waals surface area contributed by atoms with E-state index in [2.05, 4.69) is 27.0 Å². The van der Waals surface area contributed by atoms with E-state index in [0.717, 1.165) is 33.4 Å². The molecule has 0 bridgehead atoms. The van der Waals surface area contributed by atoms with Crippen LogP contribution in [0.1, 0.15) is 23.7 Å². The van der Waals surface area contributed by atoms with E-state index < -0.39 is 6.04 Å². The molecule has 5 N–H and O–H groups in total. The van der Waals surface area contributed by atoms with Gasteiger partial charge in [0.25, 0.3) is 0 Å². The van der Waals surface area contributed by atoms with Crippen LogP contribution in [0, 0.1) is 0 Å². The number of ketones is 1. The van der Waals surface area contributed by atoms with Crippen molar-refractivity contribution in [2.75, 3.05) is 22.6 Å². The fourth-order valence-electron chi connectivity index (χ4n) is 4.50. The van der Waals surface area contributed by atoms with Gasteiger partial charge in [-0.3, -0.25) is 9.59 Å². The van der Waals surface area contributed by atoms with Gasteiger partial charge < -0.3 is 26.0 Å². The monoisotopic (exact) mass is 454 g/mol. The summed E-state index contributed by atoms with van der Waals surface area (Å²) in [4.78, 5) is 28.7. The van der Waals surface area contributed by atoms with Crippen molar-refractivity contribution >= 4 is 39.7 Å². The molecule has 1 aromatic heterocycles. The maximum Gasteiger partial charge on any atom is 0.221 e. The maximum absolute atomic E-state index is 13.6. The van der Waals surface area contributed by atoms with Crippen LogP contribution in [-0.2, 0) is 4.79 Å². The second kappa shape index (κ2) is 9.03. The van der Waals surface area contributed by atoms with Gasteiger partial charge in [0.1, 0.15) is 0 Å². The van der Waals surface area contributed by atoms with Crippen LogP contribution in [0.5, 0.6) is 0 Å². The van der Waals surface area contributed by atoms with Gasteiger partial charge in [0.05, 0.1) is 30.1 Å². The molecular formula is C27H26N4O3. The number of hydrogen-bond acceptors (Lipinski definition) is 5. The van der Waals surface area contributed by atoms with Crippen LogP contribution in [0.15, 0.2) is 72.9 Å². The zero-order chi connectivity index (χ0) is 23.7. The highest BCUT2D eigenvalue weighted by atomic mass is 16.3. The molecule has 0 fully saturated rings. The van der Waals surface area contributed by atoms with E-state index in [-0.39, 0.29) is 24.3 Å². The number of carbonyl (C=O) groups is 2. The predicted octanol–water partition coefficient (Wildman–Crippen LogP) is 4.63. The van der Waals surface area contributed by atoms with Gasteiger partial charge in [-0.1, -0.05) is 30.3 Å². The van der Waals surface area contributed by atoms with Gasteiger partial charge in [0.15, 0.2) is 5.78 Å². The van der Waals surface area contributed by atoms with Crippen LogP contribution in [0.2, 0.25) is 0 Å². The normalized spacial score (nSPS) is 17.2. The van der Waals surface area contributed by atoms with Crippen molar-refractivity contribution in [3.05, 3.63) is 78.5 Å². The summed E-state index contributed by atoms with van der Waals surface area (Å²) in [6, 6.07) is 20.3. The minimum absolute atomic E-state index is 0.0858. The fourth-order valence-corrected chi connectivity index (χ4v) is 4.50. The third-order valence-corrected chi connectivity index (χ3v) is 6.15. The Morgan fingerprint density at radius 1 is 1.00 bits per heavy atom. The Balaban J connectivity index is 1.50. The van der Waals surface area contributed by atoms with E-state index in [4.69, 9.17) is 0 Å². The average Bonchev–Trinajstić information content (AvgIpc) is 3.22. The molecule has 2 unspecified atom stereocenters. The molecule has 172 valence electrons. The SMILES string of the molecule is CC(=O)Nc1cc(C(=O)C2CC(CO)Nc3ccccc3N2)ccc1-c1ccc2[nH]ccc2c1. The zero-order valence-corrected chi connectivity index (χ0v) is 18.8. The van der Waals surface area contributed by atoms with Gasteiger partial charge in [-0.05, 0) is 53.8 Å². The molecule has 2 atom stereocenters. The molecule has 1 aliphatic rings. The van der Waals surface area contributed by atoms with Crippen molar-refractivity contribution in [3.8, 4) is 11.1 Å². The first-order chi connectivity index (χ1) is 16.5. The summed E-state index contributed by atoms with van der Waals surface area (Å²) >= 11 is 0. The van der Waals surface area contributed by atoms with Gasteiger partial charge in [0, 0.05) is 35.5 Å². The summed E-state index contributed by atoms with van der Waals surface area (Å²) in [5, 5.41) is 20.4. The summed E-state index contributed by atoms with van der Waals surface area (Å²) in [6.45, 7) is 1.37. The number of aliphatic hydroxyl groups is 1. The molecular weight excluding hydrogens is 428 g/mol. The first kappa shape index (κ1) is 21.7. The molecule has 7 heteroatoms. The molecule has 34 heavy (non-hydrogen) atoms. The second-order valence-electron chi connectivity index (χ2n) is 8.59. The molecule has 0 saturated carbocycles. The Bertz CT molecular complexity index is 1380. The Labute approximate surface area is 197 Å². The number of amides is 1. The number of H-pyrrole nitrogens is 1. The van der Waals surface area contributed by atoms with E-state index in [1.54, 1.807) is 12.1 Å². The van der Waals surface area contributed by atoms with Gasteiger partial charge in [-0.15, -0.1) is 0 Å². The number of aromatic nitrogens is 1. The Morgan fingerprint density at radius 2 is 1.79 bits per heavy atom. The third-order valence-electron chi connectivity index (χ3n) is 6.15. The molecule has 0 saturated heterocycles. The Hall–Kier alpha value is -4.10. The lowest BCUT2D eigenvalue weighted by Gasteiger charge is -2.20. The van der Waals surface area contributed by atoms with Crippen LogP contribution in [0.3, 0.4) is 0 Å². The van der Waals surface area contributed by atoms with Crippen molar-refractivity contribution in [1.29, 1.82) is 0 Å². The molecule has 0 radical (unpaired) electrons. The minimum atomic E-state index is -0.527. The standard InChI is InChI=1S/C27H26N4O3/c1-16(33)29-25-13-19(6-8-21(25)17-7-9-22-18(12-17)10-11-28-22)27(34)26-14-20(15-32)30-23-4-2-3-5-24(23)31-26/h2-13,20,26,28,30-32H,14-15H2,1H3,(H,29,33). The van der Waals surface area contributed by atoms with Crippen molar-refractivity contribution in [2.45, 2.75) is 25.4 Å². The van der Waals surface area contributed by atoms with Crippen LogP contribution in [0.4, 0.5) is 17.1 Å². The topological polar surface area (TPSA) is 106 Å². The number of nitrogens with one attached hydrogen (secondary N) is 4. The highest BCUT2D eigenvalue weighted by molar-refractivity contribution is 6.05. The van der Waals surface area contributed by atoms with E-state index in [0.29, 0.717) is 17.7 Å². The number of Topliss-reactive ketones (excluding diaryl/α,β-unsaturated/α-hetero) is 1. The first-order valence-electron chi connectivity index (χ1n) is 11.3. The van der Waals surface area contributed by atoms with E-state index in [1.807, 2.05) is 54.7 Å². The molecule has 3 aromatic carbocycles. The number of fused-ring (bicyclic) bond motifs is 2. The highest BCUT2D eigenvalue weighted by Gasteiger charge is 2.28. The largest absolute Gasteiger partial charge is 0.394 e. The smallest absolute Gasteiger partial charge is 0.221 e. The van der Waals surface area contributed by atoms with E-state index in [9.17, 15) is 14.7 Å². The third kappa shape index (κ3) is 4.25. The highest BCUT2D eigenvalue weighted by Crippen LogP contribution is 2.33. The quantitative estimate of drug-likeness (QED) is 0.283. The average molecular weight is 455 g/mol. The molecule has 7 nitrogen and oxygen atoms in total. The van der Waals surface area contributed by atoms with Crippen molar-refractivity contribution in [2.24, 2.45) is 0 Å². The lowest BCUT2D eigenvalue weighted by Crippen LogP contribution is -2.35. The first-order valence-corrected chi connectivity index (χ1v) is 11.3. The summed E-state index contributed by atoms with van der Waals surface area (Å²) in [5.74, 6) is -0.309. The summed E-state index contributed by atoms with van der Waals surface area (Å²) in [6.07, 6.45) is 2.31. The van der Waals surface area contributed by atoms with Crippen LogP contribution < -0.4 is 16.0 Å². The van der Waals surface area contributed by atoms with Gasteiger partial charge >= 0.3 is 0 Å². The van der Waals surface area contributed by atoms with Crippen molar-refractivity contribution < 1.29 is 14.7 Å². The number of rotatable bonds is 5. The summed E-state index contributed by atoms with van der Waals surface area (Å²) < 4.78 is 0. The number of para-hydroxylation sites is 2. The van der Waals surface area contributed by atoms with Crippen LogP contribution in [-0.4, -0.2) is 40.5 Å². The number of benzene rings is 3. The fraction of sp³-hybridized carbons (Fsp3) is 0.185. The van der Waals surface area contributed by atoms with Gasteiger partial charge in [-0.25, -0.2) is 0 Å². The molecule has 4 aromatic rings. The lowest BCUT2D eigenvalue weighted by atomic mass is 9.94. The van der Waals surface area contributed by atoms with E-state index >= 15 is 0 Å². The zero-order valence-electron chi connectivity index (χ0n) is 18.8. The molecule has 0 spiro atoms. The van der Waals surface area contributed by atoms with Crippen LogP contribution in [0.25, 0.3) is 22.0 Å². The van der Waals surface area contributed by atoms with Crippen molar-refractivity contribution in [3.63, 3.8) is 0 Å².